The Morgan fingerprint density at radius 2 is 1.80 bits per heavy atom. The molecule has 2 N–H and O–H groups in total. The summed E-state index contributed by atoms with van der Waals surface area (Å²) >= 11 is 0. The van der Waals surface area contributed by atoms with Gasteiger partial charge in [-0.3, -0.25) is 4.99 Å². The molecule has 20 heavy (non-hydrogen) atoms. The van der Waals surface area contributed by atoms with Crippen LogP contribution in [0.1, 0.15) is 5.56 Å². The Morgan fingerprint density at radius 3 is 2.40 bits per heavy atom. The van der Waals surface area contributed by atoms with Crippen molar-refractivity contribution >= 4 is 12.1 Å². The fourth-order valence-corrected chi connectivity index (χ4v) is 2.07. The third kappa shape index (κ3) is 3.63. The fourth-order valence-electron chi connectivity index (χ4n) is 2.07. The van der Waals surface area contributed by atoms with Crippen LogP contribution in [0.2, 0.25) is 0 Å². The first kappa shape index (κ1) is 14.2. The number of ether oxygens (including phenoxy) is 1. The predicted molar refractivity (Wildman–Crippen MR) is 77.3 cm³/mol. The second kappa shape index (κ2) is 6.79. The van der Waals surface area contributed by atoms with E-state index in [-0.39, 0.29) is 6.09 Å². The quantitative estimate of drug-likeness (QED) is 0.643. The summed E-state index contributed by atoms with van der Waals surface area (Å²) in [5, 5.41) is 0. The molecule has 1 aliphatic heterocycles. The molecule has 0 saturated carbocycles. The van der Waals surface area contributed by atoms with E-state index in [9.17, 15) is 4.79 Å². The SMILES string of the molecule is CN=C(N)N1CCN(C(=O)OCc2ccccc2)CC1. The van der Waals surface area contributed by atoms with Gasteiger partial charge in [0.15, 0.2) is 5.96 Å². The number of aliphatic imine (C=N–C) groups is 1. The van der Waals surface area contributed by atoms with E-state index in [1.54, 1.807) is 11.9 Å². The lowest BCUT2D eigenvalue weighted by Gasteiger charge is -2.34. The first-order chi connectivity index (χ1) is 9.70. The highest BCUT2D eigenvalue weighted by Crippen LogP contribution is 2.06. The molecule has 0 radical (unpaired) electrons. The van der Waals surface area contributed by atoms with Gasteiger partial charge in [0.05, 0.1) is 0 Å². The van der Waals surface area contributed by atoms with Crippen LogP contribution in [0, 0.1) is 0 Å². The maximum absolute atomic E-state index is 11.9. The van der Waals surface area contributed by atoms with E-state index in [0.717, 1.165) is 5.56 Å². The Kier molecular flexibility index (Phi) is 4.81. The van der Waals surface area contributed by atoms with Gasteiger partial charge in [0.2, 0.25) is 0 Å². The van der Waals surface area contributed by atoms with Gasteiger partial charge in [0.1, 0.15) is 6.61 Å². The third-order valence-electron chi connectivity index (χ3n) is 3.30. The number of hydrogen-bond acceptors (Lipinski definition) is 3. The zero-order valence-corrected chi connectivity index (χ0v) is 11.7. The molecule has 6 heteroatoms. The number of benzene rings is 1. The highest BCUT2D eigenvalue weighted by molar-refractivity contribution is 5.78. The van der Waals surface area contributed by atoms with Gasteiger partial charge < -0.3 is 20.3 Å². The molecule has 1 aromatic rings. The molecule has 0 unspecified atom stereocenters. The minimum atomic E-state index is -0.277. The van der Waals surface area contributed by atoms with Gasteiger partial charge in [-0.25, -0.2) is 4.79 Å². The maximum atomic E-state index is 11.9. The zero-order valence-electron chi connectivity index (χ0n) is 11.7. The molecule has 1 amide bonds. The first-order valence-corrected chi connectivity index (χ1v) is 6.63. The molecule has 0 aromatic heterocycles. The molecule has 0 aliphatic carbocycles. The smallest absolute Gasteiger partial charge is 0.410 e. The van der Waals surface area contributed by atoms with Gasteiger partial charge in [-0.1, -0.05) is 30.3 Å². The van der Waals surface area contributed by atoms with Crippen molar-refractivity contribution in [1.29, 1.82) is 0 Å². The summed E-state index contributed by atoms with van der Waals surface area (Å²) in [6.45, 7) is 2.87. The summed E-state index contributed by atoms with van der Waals surface area (Å²) in [4.78, 5) is 19.5. The average Bonchev–Trinajstić information content (AvgIpc) is 2.53. The Bertz CT molecular complexity index is 467. The number of carbonyl (C=O) groups is 1. The van der Waals surface area contributed by atoms with Gasteiger partial charge >= 0.3 is 6.09 Å². The van der Waals surface area contributed by atoms with Crippen LogP contribution in [0.15, 0.2) is 35.3 Å². The van der Waals surface area contributed by atoms with Crippen molar-refractivity contribution in [2.24, 2.45) is 10.7 Å². The Morgan fingerprint density at radius 1 is 1.20 bits per heavy atom. The molecule has 2 rings (SSSR count). The van der Waals surface area contributed by atoms with Crippen LogP contribution in [0.25, 0.3) is 0 Å². The second-order valence-electron chi connectivity index (χ2n) is 4.60. The zero-order chi connectivity index (χ0) is 14.4. The Labute approximate surface area is 118 Å². The van der Waals surface area contributed by atoms with E-state index < -0.39 is 0 Å². The van der Waals surface area contributed by atoms with Crippen molar-refractivity contribution < 1.29 is 9.53 Å². The van der Waals surface area contributed by atoms with Crippen molar-refractivity contribution in [3.8, 4) is 0 Å². The molecule has 0 atom stereocenters. The number of carbonyl (C=O) groups excluding carboxylic acids is 1. The summed E-state index contributed by atoms with van der Waals surface area (Å²) in [6.07, 6.45) is -0.277. The number of piperazine rings is 1. The van der Waals surface area contributed by atoms with Gasteiger partial charge in [-0.2, -0.15) is 0 Å². The largest absolute Gasteiger partial charge is 0.445 e. The molecule has 1 saturated heterocycles. The monoisotopic (exact) mass is 276 g/mol. The molecular weight excluding hydrogens is 256 g/mol. The van der Waals surface area contributed by atoms with Crippen LogP contribution in [0.5, 0.6) is 0 Å². The molecule has 1 heterocycles. The van der Waals surface area contributed by atoms with E-state index >= 15 is 0 Å². The number of nitrogens with two attached hydrogens (primary N) is 1. The third-order valence-corrected chi connectivity index (χ3v) is 3.30. The normalized spacial score (nSPS) is 16.1. The number of hydrogen-bond donors (Lipinski definition) is 1. The van der Waals surface area contributed by atoms with Gasteiger partial charge in [-0.05, 0) is 5.56 Å². The number of amides is 1. The van der Waals surface area contributed by atoms with Crippen molar-refractivity contribution in [2.75, 3.05) is 33.2 Å². The van der Waals surface area contributed by atoms with Gasteiger partial charge in [0.25, 0.3) is 0 Å². The van der Waals surface area contributed by atoms with Crippen LogP contribution >= 0.6 is 0 Å². The van der Waals surface area contributed by atoms with Crippen molar-refractivity contribution in [2.45, 2.75) is 6.61 Å². The van der Waals surface area contributed by atoms with Crippen LogP contribution in [-0.4, -0.2) is 55.1 Å². The van der Waals surface area contributed by atoms with Crippen LogP contribution in [0.3, 0.4) is 0 Å². The van der Waals surface area contributed by atoms with E-state index in [2.05, 4.69) is 4.99 Å². The lowest BCUT2D eigenvalue weighted by Crippen LogP contribution is -2.52. The second-order valence-corrected chi connectivity index (χ2v) is 4.60. The maximum Gasteiger partial charge on any atom is 0.410 e. The summed E-state index contributed by atoms with van der Waals surface area (Å²) in [5.41, 5.74) is 6.73. The lowest BCUT2D eigenvalue weighted by atomic mass is 10.2. The highest BCUT2D eigenvalue weighted by atomic mass is 16.6. The Balaban J connectivity index is 1.77. The Hall–Kier alpha value is -2.24. The standard InChI is InChI=1S/C14H20N4O2/c1-16-13(15)17-7-9-18(10-8-17)14(19)20-11-12-5-3-2-4-6-12/h2-6H,7-11H2,1H3,(H2,15,16). The first-order valence-electron chi connectivity index (χ1n) is 6.63. The average molecular weight is 276 g/mol. The summed E-state index contributed by atoms with van der Waals surface area (Å²) in [7, 11) is 1.66. The molecule has 0 bridgehead atoms. The van der Waals surface area contributed by atoms with Crippen LogP contribution in [-0.2, 0) is 11.3 Å². The molecule has 108 valence electrons. The van der Waals surface area contributed by atoms with Crippen molar-refractivity contribution in [1.82, 2.24) is 9.80 Å². The molecule has 1 aliphatic rings. The minimum absolute atomic E-state index is 0.277. The van der Waals surface area contributed by atoms with Crippen molar-refractivity contribution in [3.63, 3.8) is 0 Å². The highest BCUT2D eigenvalue weighted by Gasteiger charge is 2.22. The topological polar surface area (TPSA) is 71.2 Å². The number of rotatable bonds is 2. The molecule has 0 spiro atoms. The van der Waals surface area contributed by atoms with E-state index in [0.29, 0.717) is 38.7 Å². The van der Waals surface area contributed by atoms with Gasteiger partial charge in [-0.15, -0.1) is 0 Å². The summed E-state index contributed by atoms with van der Waals surface area (Å²) < 4.78 is 5.30. The minimum Gasteiger partial charge on any atom is -0.445 e. The lowest BCUT2D eigenvalue weighted by molar-refractivity contribution is 0.0824. The van der Waals surface area contributed by atoms with Crippen molar-refractivity contribution in [3.05, 3.63) is 35.9 Å². The number of nitrogens with zero attached hydrogens (tertiary/aromatic N) is 3. The van der Waals surface area contributed by atoms with E-state index in [4.69, 9.17) is 10.5 Å². The molecule has 1 aromatic carbocycles. The van der Waals surface area contributed by atoms with Crippen LogP contribution in [0.4, 0.5) is 4.79 Å². The van der Waals surface area contributed by atoms with Crippen LogP contribution < -0.4 is 5.73 Å². The molecule has 1 fully saturated rings. The number of guanidine groups is 1. The molecular formula is C14H20N4O2. The van der Waals surface area contributed by atoms with E-state index in [1.807, 2.05) is 35.2 Å². The fraction of sp³-hybridized carbons (Fsp3) is 0.429. The summed E-state index contributed by atoms with van der Waals surface area (Å²) in [6, 6.07) is 9.65. The summed E-state index contributed by atoms with van der Waals surface area (Å²) in [5.74, 6) is 0.516. The predicted octanol–water partition coefficient (Wildman–Crippen LogP) is 0.885. The van der Waals surface area contributed by atoms with Gasteiger partial charge in [0, 0.05) is 33.2 Å². The molecule has 6 nitrogen and oxygen atoms in total. The van der Waals surface area contributed by atoms with E-state index in [1.165, 1.54) is 0 Å².